The van der Waals surface area contributed by atoms with Crippen molar-refractivity contribution in [2.75, 3.05) is 0 Å². The maximum Gasteiger partial charge on any atom is 0.199 e. The van der Waals surface area contributed by atoms with E-state index in [1.54, 1.807) is 0 Å². The van der Waals surface area contributed by atoms with Gasteiger partial charge in [-0.1, -0.05) is 64.1 Å². The average molecular weight is 355 g/mol. The number of carbonyl (C=O) groups is 1. The van der Waals surface area contributed by atoms with Gasteiger partial charge in [-0.15, -0.1) is 6.58 Å². The number of fused-ring (bicyclic) bond motifs is 1. The molecule has 1 heterocycles. The molecular weight excluding hydrogens is 324 g/mol. The van der Waals surface area contributed by atoms with Crippen LogP contribution < -0.4 is 0 Å². The number of hydrogen-bond donors (Lipinski definition) is 0. The summed E-state index contributed by atoms with van der Waals surface area (Å²) >= 11 is 0. The molecule has 2 unspecified atom stereocenters. The van der Waals surface area contributed by atoms with E-state index in [-0.39, 0.29) is 6.10 Å². The molecule has 0 saturated carbocycles. The molecular formula is C22H30O2Si. The van der Waals surface area contributed by atoms with Gasteiger partial charge < -0.3 is 4.43 Å². The zero-order chi connectivity index (χ0) is 18.2. The zero-order valence-corrected chi connectivity index (χ0v) is 16.9. The van der Waals surface area contributed by atoms with Gasteiger partial charge in [0.2, 0.25) is 0 Å². The molecule has 2 nitrogen and oxygen atoms in total. The van der Waals surface area contributed by atoms with E-state index in [2.05, 4.69) is 46.4 Å². The third-order valence-electron chi connectivity index (χ3n) is 6.11. The molecule has 3 rings (SSSR count). The van der Waals surface area contributed by atoms with Crippen molar-refractivity contribution in [2.45, 2.75) is 63.8 Å². The van der Waals surface area contributed by atoms with Crippen LogP contribution in [0.5, 0.6) is 0 Å². The summed E-state index contributed by atoms with van der Waals surface area (Å²) < 4.78 is 6.91. The Hall–Kier alpha value is -1.45. The van der Waals surface area contributed by atoms with Crippen LogP contribution >= 0.6 is 0 Å². The zero-order valence-electron chi connectivity index (χ0n) is 15.9. The van der Waals surface area contributed by atoms with Crippen LogP contribution in [0, 0.1) is 5.92 Å². The fraction of sp³-hybridized carbons (Fsp3) is 0.500. The molecule has 0 radical (unpaired) electrons. The normalized spacial score (nSPS) is 25.6. The summed E-state index contributed by atoms with van der Waals surface area (Å²) in [5.41, 5.74) is 4.33. The van der Waals surface area contributed by atoms with Crippen molar-refractivity contribution in [3.8, 4) is 0 Å². The number of rotatable bonds is 5. The Kier molecular flexibility index (Phi) is 5.17. The Labute approximate surface area is 153 Å². The first-order valence-electron chi connectivity index (χ1n) is 9.52. The van der Waals surface area contributed by atoms with Gasteiger partial charge in [0.1, 0.15) is 0 Å². The molecule has 0 N–H and O–H groups in total. The first kappa shape index (κ1) is 18.3. The van der Waals surface area contributed by atoms with Crippen LogP contribution in [0.3, 0.4) is 0 Å². The molecule has 1 aromatic carbocycles. The second-order valence-electron chi connectivity index (χ2n) is 8.12. The molecule has 0 bridgehead atoms. The Balaban J connectivity index is 2.10. The third-order valence-corrected chi connectivity index (χ3v) is 11.9. The van der Waals surface area contributed by atoms with Gasteiger partial charge in [0.25, 0.3) is 0 Å². The van der Waals surface area contributed by atoms with E-state index in [4.69, 9.17) is 4.43 Å². The highest BCUT2D eigenvalue weighted by Gasteiger charge is 2.53. The molecule has 1 saturated heterocycles. The lowest BCUT2D eigenvalue weighted by molar-refractivity contribution is -0.113. The highest BCUT2D eigenvalue weighted by atomic mass is 28.4. The Morgan fingerprint density at radius 2 is 1.84 bits per heavy atom. The van der Waals surface area contributed by atoms with Gasteiger partial charge in [-0.3, -0.25) is 4.79 Å². The standard InChI is InChI=1S/C22H30O2Si/c1-6-10-20-22-18(14-25(24-20,15(2)3)16(4)5)13-19(23)21(22)17-11-8-7-9-12-17/h6-9,11-12,15-16,18,20H,1,10,13-14H2,2-5H3. The lowest BCUT2D eigenvalue weighted by Gasteiger charge is -2.48. The summed E-state index contributed by atoms with van der Waals surface area (Å²) in [4.78, 5) is 12.9. The topological polar surface area (TPSA) is 26.3 Å². The highest BCUT2D eigenvalue weighted by Crippen LogP contribution is 2.53. The maximum absolute atomic E-state index is 12.9. The van der Waals surface area contributed by atoms with E-state index in [0.717, 1.165) is 23.6 Å². The third kappa shape index (κ3) is 3.09. The van der Waals surface area contributed by atoms with Gasteiger partial charge in [0, 0.05) is 12.0 Å². The first-order valence-corrected chi connectivity index (χ1v) is 11.8. The van der Waals surface area contributed by atoms with E-state index < -0.39 is 8.32 Å². The van der Waals surface area contributed by atoms with Gasteiger partial charge >= 0.3 is 0 Å². The van der Waals surface area contributed by atoms with E-state index in [9.17, 15) is 4.79 Å². The monoisotopic (exact) mass is 354 g/mol. The number of allylic oxidation sites excluding steroid dienone is 1. The molecule has 0 amide bonds. The molecule has 3 heteroatoms. The van der Waals surface area contributed by atoms with Crippen LogP contribution in [-0.2, 0) is 9.22 Å². The smallest absolute Gasteiger partial charge is 0.199 e. The van der Waals surface area contributed by atoms with Gasteiger partial charge in [0.05, 0.1) is 6.10 Å². The predicted octanol–water partition coefficient (Wildman–Crippen LogP) is 5.77. The van der Waals surface area contributed by atoms with Crippen LogP contribution in [-0.4, -0.2) is 20.2 Å². The summed E-state index contributed by atoms with van der Waals surface area (Å²) in [6.07, 6.45) is 3.43. The van der Waals surface area contributed by atoms with Crippen molar-refractivity contribution in [3.05, 3.63) is 54.1 Å². The Morgan fingerprint density at radius 3 is 2.40 bits per heavy atom. The number of benzene rings is 1. The lowest BCUT2D eigenvalue weighted by atomic mass is 9.92. The molecule has 0 aromatic heterocycles. The minimum atomic E-state index is -1.92. The molecule has 25 heavy (non-hydrogen) atoms. The van der Waals surface area contributed by atoms with Crippen molar-refractivity contribution < 1.29 is 9.22 Å². The van der Waals surface area contributed by atoms with Crippen LogP contribution in [0.15, 0.2) is 48.6 Å². The van der Waals surface area contributed by atoms with Crippen molar-refractivity contribution >= 4 is 19.7 Å². The van der Waals surface area contributed by atoms with Gasteiger partial charge in [0.15, 0.2) is 14.1 Å². The summed E-state index contributed by atoms with van der Waals surface area (Å²) in [6, 6.07) is 11.2. The van der Waals surface area contributed by atoms with Crippen LogP contribution in [0.2, 0.25) is 17.1 Å². The highest BCUT2D eigenvalue weighted by molar-refractivity contribution is 6.76. The van der Waals surface area contributed by atoms with Crippen LogP contribution in [0.25, 0.3) is 5.57 Å². The summed E-state index contributed by atoms with van der Waals surface area (Å²) in [5, 5.41) is 0. The molecule has 1 fully saturated rings. The van der Waals surface area contributed by atoms with Crippen molar-refractivity contribution in [3.63, 3.8) is 0 Å². The average Bonchev–Trinajstić information content (AvgIpc) is 2.91. The number of hydrogen-bond acceptors (Lipinski definition) is 2. The molecule has 1 aromatic rings. The van der Waals surface area contributed by atoms with Crippen LogP contribution in [0.1, 0.15) is 46.1 Å². The van der Waals surface area contributed by atoms with Crippen molar-refractivity contribution in [2.24, 2.45) is 5.92 Å². The lowest BCUT2D eigenvalue weighted by Crippen LogP contribution is -2.53. The fourth-order valence-electron chi connectivity index (χ4n) is 4.84. The quantitative estimate of drug-likeness (QED) is 0.495. The van der Waals surface area contributed by atoms with Crippen molar-refractivity contribution in [1.82, 2.24) is 0 Å². The minimum Gasteiger partial charge on any atom is -0.409 e. The van der Waals surface area contributed by atoms with E-state index in [1.807, 2.05) is 24.3 Å². The van der Waals surface area contributed by atoms with E-state index >= 15 is 0 Å². The molecule has 2 atom stereocenters. The molecule has 2 aliphatic rings. The molecule has 1 aliphatic heterocycles. The second kappa shape index (κ2) is 7.04. The number of Topliss-reactive ketones (excluding diaryl/α,β-unsaturated/α-hetero) is 1. The Bertz CT molecular complexity index is 679. The number of carbonyl (C=O) groups excluding carboxylic acids is 1. The van der Waals surface area contributed by atoms with Crippen molar-refractivity contribution in [1.29, 1.82) is 0 Å². The van der Waals surface area contributed by atoms with Gasteiger partial charge in [-0.2, -0.15) is 0 Å². The maximum atomic E-state index is 12.9. The molecule has 1 aliphatic carbocycles. The molecule has 0 spiro atoms. The fourth-order valence-corrected chi connectivity index (χ4v) is 9.64. The summed E-state index contributed by atoms with van der Waals surface area (Å²) in [7, 11) is -1.92. The number of ketones is 1. The summed E-state index contributed by atoms with van der Waals surface area (Å²) in [5.74, 6) is 0.652. The van der Waals surface area contributed by atoms with E-state index in [1.165, 1.54) is 5.57 Å². The largest absolute Gasteiger partial charge is 0.409 e. The second-order valence-corrected chi connectivity index (χ2v) is 13.0. The van der Waals surface area contributed by atoms with Crippen LogP contribution in [0.4, 0.5) is 0 Å². The predicted molar refractivity (Wildman–Crippen MR) is 107 cm³/mol. The summed E-state index contributed by atoms with van der Waals surface area (Å²) in [6.45, 7) is 13.2. The van der Waals surface area contributed by atoms with Gasteiger partial charge in [-0.25, -0.2) is 0 Å². The SMILES string of the molecule is C=CCC1O[Si](C(C)C)(C(C)C)CC2CC(=O)C(c3ccccc3)=C21. The van der Waals surface area contributed by atoms with E-state index in [0.29, 0.717) is 29.2 Å². The minimum absolute atomic E-state index is 0.0226. The molecule has 134 valence electrons. The first-order chi connectivity index (χ1) is 11.9. The van der Waals surface area contributed by atoms with Gasteiger partial charge in [-0.05, 0) is 40.6 Å². The Morgan fingerprint density at radius 1 is 1.20 bits per heavy atom.